The number of amides is 1. The molecular formula is C17H26ClN3O2. The van der Waals surface area contributed by atoms with Crippen LogP contribution in [0.4, 0.5) is 4.79 Å². The fourth-order valence-electron chi connectivity index (χ4n) is 2.68. The molecule has 128 valence electrons. The molecule has 1 unspecified atom stereocenters. The number of alkyl carbamates (subject to hydrolysis) is 1. The molecular weight excluding hydrogens is 314 g/mol. The van der Waals surface area contributed by atoms with Gasteiger partial charge < -0.3 is 15.8 Å². The molecule has 23 heavy (non-hydrogen) atoms. The average molecular weight is 340 g/mol. The Morgan fingerprint density at radius 3 is 2.83 bits per heavy atom. The molecule has 0 aromatic carbocycles. The molecule has 1 aliphatic carbocycles. The van der Waals surface area contributed by atoms with Crippen molar-refractivity contribution < 1.29 is 9.53 Å². The standard InChI is InChI=1S/C17H26ClN3O2/c1-17(2,3)23-16(22)20-10-13(19)9-12-8-11-6-4-5-7-14(11)21-15(12)18/h8,13H,4-7,9-10,19H2,1-3H3,(H,20,22). The Bertz CT molecular complexity index is 570. The molecule has 0 aliphatic heterocycles. The number of nitrogens with one attached hydrogen (secondary N) is 1. The predicted molar refractivity (Wildman–Crippen MR) is 91.8 cm³/mol. The quantitative estimate of drug-likeness (QED) is 0.827. The number of fused-ring (bicyclic) bond motifs is 1. The Morgan fingerprint density at radius 2 is 2.13 bits per heavy atom. The van der Waals surface area contributed by atoms with Crippen LogP contribution in [-0.2, 0) is 24.0 Å². The Balaban J connectivity index is 1.90. The Kier molecular flexibility index (Phi) is 5.87. The molecule has 0 saturated heterocycles. The lowest BCUT2D eigenvalue weighted by Crippen LogP contribution is -2.41. The van der Waals surface area contributed by atoms with Gasteiger partial charge in [0.2, 0.25) is 0 Å². The fraction of sp³-hybridized carbons (Fsp3) is 0.647. The average Bonchev–Trinajstić information content (AvgIpc) is 2.44. The van der Waals surface area contributed by atoms with E-state index < -0.39 is 11.7 Å². The molecule has 0 bridgehead atoms. The number of hydrogen-bond acceptors (Lipinski definition) is 4. The van der Waals surface area contributed by atoms with E-state index in [1.807, 2.05) is 20.8 Å². The van der Waals surface area contributed by atoms with Gasteiger partial charge in [-0.25, -0.2) is 9.78 Å². The first kappa shape index (κ1) is 18.0. The maximum atomic E-state index is 11.6. The number of nitrogens with two attached hydrogens (primary N) is 1. The summed E-state index contributed by atoms with van der Waals surface area (Å²) in [5.41, 5.74) is 8.94. The van der Waals surface area contributed by atoms with Crippen LogP contribution in [0.25, 0.3) is 0 Å². The third kappa shape index (κ3) is 5.66. The van der Waals surface area contributed by atoms with Crippen molar-refractivity contribution in [2.24, 2.45) is 5.73 Å². The second-order valence-corrected chi connectivity index (χ2v) is 7.46. The number of carbonyl (C=O) groups is 1. The maximum Gasteiger partial charge on any atom is 0.407 e. The molecule has 0 saturated carbocycles. The summed E-state index contributed by atoms with van der Waals surface area (Å²) in [6, 6.07) is 1.89. The van der Waals surface area contributed by atoms with Gasteiger partial charge in [0.25, 0.3) is 0 Å². The fourth-order valence-corrected chi connectivity index (χ4v) is 2.92. The van der Waals surface area contributed by atoms with Gasteiger partial charge in [0.05, 0.1) is 0 Å². The highest BCUT2D eigenvalue weighted by Gasteiger charge is 2.18. The third-order valence-corrected chi connectivity index (χ3v) is 4.04. The van der Waals surface area contributed by atoms with Crippen molar-refractivity contribution in [3.8, 4) is 0 Å². The lowest BCUT2D eigenvalue weighted by Gasteiger charge is -2.21. The molecule has 1 aliphatic rings. The van der Waals surface area contributed by atoms with Crippen molar-refractivity contribution in [2.75, 3.05) is 6.54 Å². The molecule has 1 amide bonds. The Morgan fingerprint density at radius 1 is 1.43 bits per heavy atom. The third-order valence-electron chi connectivity index (χ3n) is 3.72. The van der Waals surface area contributed by atoms with Gasteiger partial charge in [-0.1, -0.05) is 17.7 Å². The number of halogens is 1. The molecule has 1 heterocycles. The van der Waals surface area contributed by atoms with Crippen LogP contribution < -0.4 is 11.1 Å². The zero-order valence-electron chi connectivity index (χ0n) is 14.1. The van der Waals surface area contributed by atoms with E-state index >= 15 is 0 Å². The molecule has 3 N–H and O–H groups in total. The van der Waals surface area contributed by atoms with Crippen molar-refractivity contribution >= 4 is 17.7 Å². The highest BCUT2D eigenvalue weighted by atomic mass is 35.5. The molecule has 1 aromatic rings. The van der Waals surface area contributed by atoms with Gasteiger partial charge in [0, 0.05) is 18.3 Å². The molecule has 0 fully saturated rings. The Hall–Kier alpha value is -1.33. The summed E-state index contributed by atoms with van der Waals surface area (Å²) >= 11 is 6.28. The summed E-state index contributed by atoms with van der Waals surface area (Å²) in [7, 11) is 0. The van der Waals surface area contributed by atoms with Crippen LogP contribution in [0.15, 0.2) is 6.07 Å². The predicted octanol–water partition coefficient (Wildman–Crippen LogP) is 3.01. The first-order valence-corrected chi connectivity index (χ1v) is 8.52. The van der Waals surface area contributed by atoms with Gasteiger partial charge in [0.1, 0.15) is 10.8 Å². The van der Waals surface area contributed by atoms with Crippen LogP contribution in [0, 0.1) is 0 Å². The highest BCUT2D eigenvalue weighted by molar-refractivity contribution is 6.30. The number of aromatic nitrogens is 1. The summed E-state index contributed by atoms with van der Waals surface area (Å²) in [6.45, 7) is 5.81. The summed E-state index contributed by atoms with van der Waals surface area (Å²) in [4.78, 5) is 16.2. The van der Waals surface area contributed by atoms with E-state index in [-0.39, 0.29) is 6.04 Å². The van der Waals surface area contributed by atoms with Gasteiger partial charge in [-0.3, -0.25) is 0 Å². The minimum absolute atomic E-state index is 0.233. The zero-order valence-corrected chi connectivity index (χ0v) is 14.9. The van der Waals surface area contributed by atoms with Gasteiger partial charge in [-0.2, -0.15) is 0 Å². The number of ether oxygens (including phenoxy) is 1. The number of nitrogens with zero attached hydrogens (tertiary/aromatic N) is 1. The number of aryl methyl sites for hydroxylation is 2. The van der Waals surface area contributed by atoms with Crippen LogP contribution in [0.2, 0.25) is 5.15 Å². The molecule has 5 nitrogen and oxygen atoms in total. The number of rotatable bonds is 4. The van der Waals surface area contributed by atoms with Gasteiger partial charge >= 0.3 is 6.09 Å². The molecule has 6 heteroatoms. The van der Waals surface area contributed by atoms with Gasteiger partial charge in [0.15, 0.2) is 0 Å². The summed E-state index contributed by atoms with van der Waals surface area (Å²) in [6.07, 6.45) is 4.55. The SMILES string of the molecule is CC(C)(C)OC(=O)NCC(N)Cc1cc2c(nc1Cl)CCCC2. The van der Waals surface area contributed by atoms with Crippen molar-refractivity contribution in [2.45, 2.75) is 64.5 Å². The maximum absolute atomic E-state index is 11.6. The van der Waals surface area contributed by atoms with E-state index in [1.54, 1.807) is 0 Å². The summed E-state index contributed by atoms with van der Waals surface area (Å²) in [5, 5.41) is 3.22. The second kappa shape index (κ2) is 7.49. The number of hydrogen-bond donors (Lipinski definition) is 2. The first-order chi connectivity index (χ1) is 10.7. The smallest absolute Gasteiger partial charge is 0.407 e. The van der Waals surface area contributed by atoms with E-state index in [9.17, 15) is 4.79 Å². The molecule has 1 atom stereocenters. The normalized spacial score (nSPS) is 15.7. The van der Waals surface area contributed by atoms with E-state index in [2.05, 4.69) is 16.4 Å². The van der Waals surface area contributed by atoms with E-state index in [1.165, 1.54) is 18.4 Å². The van der Waals surface area contributed by atoms with Crippen molar-refractivity contribution in [3.63, 3.8) is 0 Å². The van der Waals surface area contributed by atoms with Crippen LogP contribution in [0.1, 0.15) is 50.4 Å². The van der Waals surface area contributed by atoms with E-state index in [0.29, 0.717) is 18.1 Å². The van der Waals surface area contributed by atoms with Crippen molar-refractivity contribution in [1.29, 1.82) is 0 Å². The minimum Gasteiger partial charge on any atom is -0.444 e. The summed E-state index contributed by atoms with van der Waals surface area (Å²) in [5.74, 6) is 0. The minimum atomic E-state index is -0.514. The van der Waals surface area contributed by atoms with Crippen molar-refractivity contribution in [1.82, 2.24) is 10.3 Å². The van der Waals surface area contributed by atoms with Gasteiger partial charge in [-0.15, -0.1) is 0 Å². The second-order valence-electron chi connectivity index (χ2n) is 7.10. The van der Waals surface area contributed by atoms with Gasteiger partial charge in [-0.05, 0) is 64.0 Å². The molecule has 0 spiro atoms. The van der Waals surface area contributed by atoms with E-state index in [4.69, 9.17) is 22.1 Å². The van der Waals surface area contributed by atoms with Crippen LogP contribution >= 0.6 is 11.6 Å². The number of pyridine rings is 1. The van der Waals surface area contributed by atoms with Crippen LogP contribution in [0.5, 0.6) is 0 Å². The molecule has 1 aromatic heterocycles. The lowest BCUT2D eigenvalue weighted by atomic mass is 9.94. The van der Waals surface area contributed by atoms with E-state index in [0.717, 1.165) is 24.1 Å². The van der Waals surface area contributed by atoms with Crippen LogP contribution in [-0.4, -0.2) is 29.3 Å². The zero-order chi connectivity index (χ0) is 17.0. The monoisotopic (exact) mass is 339 g/mol. The topological polar surface area (TPSA) is 77.2 Å². The largest absolute Gasteiger partial charge is 0.444 e. The van der Waals surface area contributed by atoms with Crippen LogP contribution in [0.3, 0.4) is 0 Å². The molecule has 0 radical (unpaired) electrons. The first-order valence-electron chi connectivity index (χ1n) is 8.14. The number of carbonyl (C=O) groups excluding carboxylic acids is 1. The highest BCUT2D eigenvalue weighted by Crippen LogP contribution is 2.25. The lowest BCUT2D eigenvalue weighted by molar-refractivity contribution is 0.0524. The summed E-state index contributed by atoms with van der Waals surface area (Å²) < 4.78 is 5.19. The molecule has 2 rings (SSSR count). The Labute approximate surface area is 142 Å². The van der Waals surface area contributed by atoms with Crippen molar-refractivity contribution in [3.05, 3.63) is 28.0 Å².